The molecule has 2 heterocycles. The summed E-state index contributed by atoms with van der Waals surface area (Å²) in [5, 5.41) is 18.7. The first-order valence-corrected chi connectivity index (χ1v) is 7.64. The van der Waals surface area contributed by atoms with E-state index in [0.717, 1.165) is 18.1 Å². The van der Waals surface area contributed by atoms with E-state index in [1.807, 2.05) is 20.0 Å². The Bertz CT molecular complexity index is 630. The molecule has 2 aromatic heterocycles. The molecule has 2 aromatic rings. The third kappa shape index (κ3) is 3.02. The first-order valence-electron chi connectivity index (χ1n) is 6.76. The SMILES string of the molecule is Cc1nn(C)c(N(Cc2cccs2)C(C)C)c1C(N)=NO. The monoisotopic (exact) mass is 307 g/mol. The van der Waals surface area contributed by atoms with E-state index in [0.29, 0.717) is 5.56 Å². The van der Waals surface area contributed by atoms with Crippen LogP contribution in [-0.2, 0) is 13.6 Å². The van der Waals surface area contributed by atoms with Crippen LogP contribution in [0.15, 0.2) is 22.7 Å². The molecule has 0 spiro atoms. The Morgan fingerprint density at radius 3 is 2.81 bits per heavy atom. The van der Waals surface area contributed by atoms with Gasteiger partial charge in [0.15, 0.2) is 5.84 Å². The molecule has 21 heavy (non-hydrogen) atoms. The minimum atomic E-state index is 0.0902. The van der Waals surface area contributed by atoms with Crippen molar-refractivity contribution < 1.29 is 5.21 Å². The standard InChI is InChI=1S/C14H21N5OS/c1-9(2)19(8-11-6-5-7-21-11)14-12(13(15)17-20)10(3)16-18(14)4/h5-7,9,20H,8H2,1-4H3,(H2,15,17). The van der Waals surface area contributed by atoms with Crippen LogP contribution < -0.4 is 10.6 Å². The number of hydrogen-bond acceptors (Lipinski definition) is 5. The maximum absolute atomic E-state index is 9.03. The Morgan fingerprint density at radius 1 is 1.57 bits per heavy atom. The number of nitrogens with two attached hydrogens (primary N) is 1. The van der Waals surface area contributed by atoms with E-state index in [9.17, 15) is 0 Å². The van der Waals surface area contributed by atoms with Gasteiger partial charge in [0, 0.05) is 18.0 Å². The van der Waals surface area contributed by atoms with Crippen LogP contribution in [-0.4, -0.2) is 26.9 Å². The van der Waals surface area contributed by atoms with Gasteiger partial charge in [-0.05, 0) is 32.2 Å². The summed E-state index contributed by atoms with van der Waals surface area (Å²) in [5.74, 6) is 0.957. The molecule has 0 saturated carbocycles. The Morgan fingerprint density at radius 2 is 2.29 bits per heavy atom. The normalized spacial score (nSPS) is 12.1. The van der Waals surface area contributed by atoms with Crippen LogP contribution in [0.5, 0.6) is 0 Å². The van der Waals surface area contributed by atoms with Gasteiger partial charge in [-0.3, -0.25) is 4.68 Å². The summed E-state index contributed by atoms with van der Waals surface area (Å²) in [6.45, 7) is 6.86. The molecule has 2 rings (SSSR count). The van der Waals surface area contributed by atoms with Crippen molar-refractivity contribution in [2.45, 2.75) is 33.4 Å². The summed E-state index contributed by atoms with van der Waals surface area (Å²) in [6.07, 6.45) is 0. The third-order valence-corrected chi connectivity index (χ3v) is 4.22. The number of anilines is 1. The van der Waals surface area contributed by atoms with Crippen molar-refractivity contribution in [3.05, 3.63) is 33.6 Å². The number of nitrogens with zero attached hydrogens (tertiary/aromatic N) is 4. The average molecular weight is 307 g/mol. The maximum Gasteiger partial charge on any atom is 0.175 e. The molecule has 0 radical (unpaired) electrons. The number of oxime groups is 1. The maximum atomic E-state index is 9.03. The number of hydrogen-bond donors (Lipinski definition) is 2. The molecule has 0 unspecified atom stereocenters. The lowest BCUT2D eigenvalue weighted by atomic mass is 10.2. The molecule has 0 aliphatic rings. The highest BCUT2D eigenvalue weighted by Gasteiger charge is 2.24. The number of thiophene rings is 1. The van der Waals surface area contributed by atoms with Crippen LogP contribution in [0.4, 0.5) is 5.82 Å². The zero-order chi connectivity index (χ0) is 15.6. The fraction of sp³-hybridized carbons (Fsp3) is 0.429. The van der Waals surface area contributed by atoms with E-state index in [1.54, 1.807) is 16.0 Å². The van der Waals surface area contributed by atoms with Gasteiger partial charge in [0.1, 0.15) is 5.82 Å². The van der Waals surface area contributed by atoms with Crippen LogP contribution >= 0.6 is 11.3 Å². The van der Waals surface area contributed by atoms with Gasteiger partial charge in [0.25, 0.3) is 0 Å². The van der Waals surface area contributed by atoms with Gasteiger partial charge < -0.3 is 15.8 Å². The van der Waals surface area contributed by atoms with Crippen molar-refractivity contribution in [3.8, 4) is 0 Å². The summed E-state index contributed by atoms with van der Waals surface area (Å²) in [5.41, 5.74) is 7.28. The molecular weight excluding hydrogens is 286 g/mol. The van der Waals surface area contributed by atoms with Gasteiger partial charge in [-0.15, -0.1) is 11.3 Å². The average Bonchev–Trinajstić information content (AvgIpc) is 3.02. The lowest BCUT2D eigenvalue weighted by molar-refractivity contribution is 0.318. The summed E-state index contributed by atoms with van der Waals surface area (Å²) >= 11 is 1.71. The van der Waals surface area contributed by atoms with Gasteiger partial charge in [0.05, 0.1) is 17.8 Å². The zero-order valence-corrected chi connectivity index (χ0v) is 13.6. The molecule has 0 atom stereocenters. The fourth-order valence-electron chi connectivity index (χ4n) is 2.40. The second-order valence-electron chi connectivity index (χ2n) is 5.19. The Kier molecular flexibility index (Phi) is 4.52. The van der Waals surface area contributed by atoms with Crippen molar-refractivity contribution in [2.24, 2.45) is 17.9 Å². The molecule has 0 fully saturated rings. The van der Waals surface area contributed by atoms with E-state index < -0.39 is 0 Å². The predicted molar refractivity (Wildman–Crippen MR) is 86.1 cm³/mol. The molecule has 0 amide bonds. The lowest BCUT2D eigenvalue weighted by Crippen LogP contribution is -2.33. The van der Waals surface area contributed by atoms with Gasteiger partial charge in [-0.25, -0.2) is 0 Å². The molecule has 7 heteroatoms. The minimum absolute atomic E-state index is 0.0902. The molecular formula is C14H21N5OS. The zero-order valence-electron chi connectivity index (χ0n) is 12.7. The molecule has 0 aliphatic carbocycles. The largest absolute Gasteiger partial charge is 0.409 e. The van der Waals surface area contributed by atoms with Crippen LogP contribution in [0.3, 0.4) is 0 Å². The summed E-state index contributed by atoms with van der Waals surface area (Å²) < 4.78 is 1.79. The van der Waals surface area contributed by atoms with Crippen molar-refractivity contribution in [1.29, 1.82) is 0 Å². The highest BCUT2D eigenvalue weighted by Crippen LogP contribution is 2.27. The van der Waals surface area contributed by atoms with Gasteiger partial charge in [-0.2, -0.15) is 5.10 Å². The molecule has 0 bridgehead atoms. The van der Waals surface area contributed by atoms with E-state index in [4.69, 9.17) is 10.9 Å². The smallest absolute Gasteiger partial charge is 0.175 e. The Labute approximate surface area is 128 Å². The highest BCUT2D eigenvalue weighted by molar-refractivity contribution is 7.09. The van der Waals surface area contributed by atoms with Crippen molar-refractivity contribution in [2.75, 3.05) is 4.90 Å². The quantitative estimate of drug-likeness (QED) is 0.384. The summed E-state index contributed by atoms with van der Waals surface area (Å²) in [6, 6.07) is 4.40. The van der Waals surface area contributed by atoms with Crippen molar-refractivity contribution in [3.63, 3.8) is 0 Å². The topological polar surface area (TPSA) is 79.7 Å². The molecule has 0 saturated heterocycles. The summed E-state index contributed by atoms with van der Waals surface area (Å²) in [7, 11) is 1.88. The van der Waals surface area contributed by atoms with Crippen LogP contribution in [0.25, 0.3) is 0 Å². The Hall–Kier alpha value is -2.02. The second kappa shape index (κ2) is 6.17. The van der Waals surface area contributed by atoms with Gasteiger partial charge >= 0.3 is 0 Å². The number of aromatic nitrogens is 2. The minimum Gasteiger partial charge on any atom is -0.409 e. The third-order valence-electron chi connectivity index (χ3n) is 3.36. The molecule has 0 aromatic carbocycles. The van der Waals surface area contributed by atoms with E-state index in [2.05, 4.69) is 40.4 Å². The van der Waals surface area contributed by atoms with E-state index in [-0.39, 0.29) is 11.9 Å². The molecule has 6 nitrogen and oxygen atoms in total. The molecule has 0 aliphatic heterocycles. The van der Waals surface area contributed by atoms with E-state index in [1.165, 1.54) is 4.88 Å². The lowest BCUT2D eigenvalue weighted by Gasteiger charge is -2.29. The van der Waals surface area contributed by atoms with Crippen molar-refractivity contribution in [1.82, 2.24) is 9.78 Å². The van der Waals surface area contributed by atoms with E-state index >= 15 is 0 Å². The fourth-order valence-corrected chi connectivity index (χ4v) is 3.10. The predicted octanol–water partition coefficient (Wildman–Crippen LogP) is 2.30. The van der Waals surface area contributed by atoms with Crippen LogP contribution in [0, 0.1) is 6.92 Å². The van der Waals surface area contributed by atoms with Gasteiger partial charge in [-0.1, -0.05) is 11.2 Å². The Balaban J connectivity index is 2.50. The second-order valence-corrected chi connectivity index (χ2v) is 6.23. The molecule has 114 valence electrons. The number of aryl methyl sites for hydroxylation is 2. The van der Waals surface area contributed by atoms with Crippen molar-refractivity contribution >= 4 is 23.0 Å². The first-order chi connectivity index (χ1) is 9.95. The highest BCUT2D eigenvalue weighted by atomic mass is 32.1. The summed E-state index contributed by atoms with van der Waals surface area (Å²) in [4.78, 5) is 3.46. The van der Waals surface area contributed by atoms with Crippen LogP contribution in [0.2, 0.25) is 0 Å². The number of rotatable bonds is 5. The number of amidine groups is 1. The first kappa shape index (κ1) is 15.4. The molecule has 3 N–H and O–H groups in total. The van der Waals surface area contributed by atoms with Crippen LogP contribution in [0.1, 0.15) is 30.0 Å². The van der Waals surface area contributed by atoms with Gasteiger partial charge in [0.2, 0.25) is 0 Å².